The lowest BCUT2D eigenvalue weighted by Crippen LogP contribution is -2.36. The molecule has 2 aromatic rings. The number of carbonyl (C=O) groups excluding carboxylic acids is 2. The number of anilines is 1. The van der Waals surface area contributed by atoms with Crippen LogP contribution in [0.25, 0.3) is 0 Å². The van der Waals surface area contributed by atoms with E-state index in [1.54, 1.807) is 12.1 Å². The summed E-state index contributed by atoms with van der Waals surface area (Å²) in [4.78, 5) is 28.0. The molecule has 0 atom stereocenters. The number of methoxy groups -OCH3 is 2. The number of hydrogen-bond donors (Lipinski definition) is 1. The molecule has 7 nitrogen and oxygen atoms in total. The zero-order chi connectivity index (χ0) is 22.9. The number of morpholine rings is 1. The van der Waals surface area contributed by atoms with Crippen LogP contribution in [-0.2, 0) is 4.74 Å². The fraction of sp³-hybridized carbons (Fsp3) is 0.417. The minimum absolute atomic E-state index is 0.105. The van der Waals surface area contributed by atoms with E-state index in [1.807, 2.05) is 0 Å². The Kier molecular flexibility index (Phi) is 8.58. The molecule has 172 valence electrons. The summed E-state index contributed by atoms with van der Waals surface area (Å²) in [5.74, 6) is -0.664. The average molecular weight is 445 g/mol. The third-order valence-corrected chi connectivity index (χ3v) is 5.42. The number of carbonyl (C=O) groups is 2. The number of Topliss-reactive ketones (excluding diaryl/α,β-unsaturated/α-hetero) is 1. The summed E-state index contributed by atoms with van der Waals surface area (Å²) in [6.45, 7) is 4.23. The monoisotopic (exact) mass is 444 g/mol. The van der Waals surface area contributed by atoms with Crippen LogP contribution in [-0.4, -0.2) is 63.7 Å². The van der Waals surface area contributed by atoms with Gasteiger partial charge in [0, 0.05) is 31.1 Å². The van der Waals surface area contributed by atoms with Gasteiger partial charge in [-0.1, -0.05) is 12.1 Å². The molecule has 32 heavy (non-hydrogen) atoms. The fourth-order valence-corrected chi connectivity index (χ4v) is 3.63. The first-order valence-corrected chi connectivity index (χ1v) is 10.7. The zero-order valence-corrected chi connectivity index (χ0v) is 18.5. The number of halogens is 1. The van der Waals surface area contributed by atoms with Crippen LogP contribution in [0.3, 0.4) is 0 Å². The summed E-state index contributed by atoms with van der Waals surface area (Å²) >= 11 is 0. The minimum Gasteiger partial charge on any atom is -0.493 e. The van der Waals surface area contributed by atoms with E-state index >= 15 is 0 Å². The van der Waals surface area contributed by atoms with Crippen LogP contribution in [0.15, 0.2) is 36.4 Å². The first kappa shape index (κ1) is 23.7. The average Bonchev–Trinajstić information content (AvgIpc) is 2.82. The molecule has 2 aromatic carbocycles. The van der Waals surface area contributed by atoms with Crippen LogP contribution in [0.4, 0.5) is 10.1 Å². The second kappa shape index (κ2) is 11.6. The van der Waals surface area contributed by atoms with Crippen molar-refractivity contribution in [3.05, 3.63) is 53.3 Å². The number of amides is 1. The Hall–Kier alpha value is -2.97. The molecule has 0 aliphatic carbocycles. The third kappa shape index (κ3) is 6.05. The van der Waals surface area contributed by atoms with Gasteiger partial charge in [0.25, 0.3) is 5.91 Å². The molecule has 1 heterocycles. The normalized spacial score (nSPS) is 14.1. The number of hydrogen-bond acceptors (Lipinski definition) is 6. The van der Waals surface area contributed by atoms with E-state index in [0.29, 0.717) is 29.9 Å². The summed E-state index contributed by atoms with van der Waals surface area (Å²) < 4.78 is 30.0. The lowest BCUT2D eigenvalue weighted by atomic mass is 10.0. The Morgan fingerprint density at radius 3 is 2.41 bits per heavy atom. The van der Waals surface area contributed by atoms with Crippen molar-refractivity contribution in [3.63, 3.8) is 0 Å². The standard InChI is InChI=1S/C24H29FN2O5/c1-30-22-15-18(21(28)9-5-6-10-27-11-13-32-14-12-27)20(16-23(22)31-2)26-24(29)17-7-3-4-8-19(17)25/h3-4,7-8,15-16H,5-6,9-14H2,1-2H3,(H,26,29). The van der Waals surface area contributed by atoms with E-state index in [2.05, 4.69) is 10.2 Å². The van der Waals surface area contributed by atoms with E-state index in [9.17, 15) is 14.0 Å². The van der Waals surface area contributed by atoms with Crippen molar-refractivity contribution in [3.8, 4) is 11.5 Å². The molecule has 0 spiro atoms. The molecule has 0 aromatic heterocycles. The molecule has 1 N–H and O–H groups in total. The van der Waals surface area contributed by atoms with E-state index in [4.69, 9.17) is 14.2 Å². The van der Waals surface area contributed by atoms with Crippen LogP contribution < -0.4 is 14.8 Å². The van der Waals surface area contributed by atoms with Gasteiger partial charge >= 0.3 is 0 Å². The molecule has 3 rings (SSSR count). The molecule has 1 saturated heterocycles. The van der Waals surface area contributed by atoms with Crippen molar-refractivity contribution >= 4 is 17.4 Å². The Morgan fingerprint density at radius 2 is 1.72 bits per heavy atom. The number of benzene rings is 2. The number of rotatable bonds is 10. The fourth-order valence-electron chi connectivity index (χ4n) is 3.63. The number of nitrogens with one attached hydrogen (secondary N) is 1. The third-order valence-electron chi connectivity index (χ3n) is 5.42. The number of ketones is 1. The predicted molar refractivity (Wildman–Crippen MR) is 119 cm³/mol. The van der Waals surface area contributed by atoms with Crippen molar-refractivity contribution < 1.29 is 28.2 Å². The smallest absolute Gasteiger partial charge is 0.258 e. The topological polar surface area (TPSA) is 77.1 Å². The first-order valence-electron chi connectivity index (χ1n) is 10.7. The van der Waals surface area contributed by atoms with Crippen LogP contribution >= 0.6 is 0 Å². The minimum atomic E-state index is -0.642. The second-order valence-corrected chi connectivity index (χ2v) is 7.52. The highest BCUT2D eigenvalue weighted by atomic mass is 19.1. The molecule has 1 amide bonds. The van der Waals surface area contributed by atoms with Crippen molar-refractivity contribution in [2.45, 2.75) is 19.3 Å². The second-order valence-electron chi connectivity index (χ2n) is 7.52. The van der Waals surface area contributed by atoms with Crippen molar-refractivity contribution in [1.82, 2.24) is 4.90 Å². The molecule has 0 radical (unpaired) electrons. The highest BCUT2D eigenvalue weighted by molar-refractivity contribution is 6.10. The largest absolute Gasteiger partial charge is 0.493 e. The molecular weight excluding hydrogens is 415 g/mol. The Labute approximate surface area is 187 Å². The van der Waals surface area contributed by atoms with E-state index in [-0.39, 0.29) is 17.0 Å². The predicted octanol–water partition coefficient (Wildman–Crippen LogP) is 3.78. The lowest BCUT2D eigenvalue weighted by molar-refractivity contribution is 0.0371. The van der Waals surface area contributed by atoms with Crippen molar-refractivity contribution in [1.29, 1.82) is 0 Å². The van der Waals surface area contributed by atoms with Gasteiger partial charge in [0.15, 0.2) is 17.3 Å². The molecule has 0 bridgehead atoms. The molecule has 1 aliphatic rings. The molecule has 1 aliphatic heterocycles. The van der Waals surface area contributed by atoms with E-state index in [1.165, 1.54) is 38.5 Å². The molecule has 0 saturated carbocycles. The Bertz CT molecular complexity index is 944. The molecule has 8 heteroatoms. The van der Waals surface area contributed by atoms with Crippen LogP contribution in [0.5, 0.6) is 11.5 Å². The number of ether oxygens (including phenoxy) is 3. The van der Waals surface area contributed by atoms with E-state index < -0.39 is 11.7 Å². The molecule has 1 fully saturated rings. The molecule has 0 unspecified atom stereocenters. The van der Waals surface area contributed by atoms with Gasteiger partial charge in [-0.3, -0.25) is 14.5 Å². The van der Waals surface area contributed by atoms with Crippen LogP contribution in [0.2, 0.25) is 0 Å². The SMILES string of the molecule is COc1cc(NC(=O)c2ccccc2F)c(C(=O)CCCCN2CCOCC2)cc1OC. The molecular formula is C24H29FN2O5. The van der Waals surface area contributed by atoms with Gasteiger partial charge in [-0.15, -0.1) is 0 Å². The summed E-state index contributed by atoms with van der Waals surface area (Å²) in [6.07, 6.45) is 1.92. The van der Waals surface area contributed by atoms with Gasteiger partial charge in [-0.25, -0.2) is 4.39 Å². The van der Waals surface area contributed by atoms with E-state index in [0.717, 1.165) is 39.3 Å². The van der Waals surface area contributed by atoms with Gasteiger partial charge in [-0.05, 0) is 37.6 Å². The number of unbranched alkanes of at least 4 members (excludes halogenated alkanes) is 1. The summed E-state index contributed by atoms with van der Waals surface area (Å²) in [5.41, 5.74) is 0.457. The highest BCUT2D eigenvalue weighted by Crippen LogP contribution is 2.34. The summed E-state index contributed by atoms with van der Waals surface area (Å²) in [6, 6.07) is 8.77. The summed E-state index contributed by atoms with van der Waals surface area (Å²) in [7, 11) is 2.94. The Morgan fingerprint density at radius 1 is 1.03 bits per heavy atom. The number of nitrogens with zero attached hydrogens (tertiary/aromatic N) is 1. The van der Waals surface area contributed by atoms with Crippen LogP contribution in [0.1, 0.15) is 40.0 Å². The van der Waals surface area contributed by atoms with Gasteiger partial charge in [0.05, 0.1) is 38.7 Å². The van der Waals surface area contributed by atoms with Gasteiger partial charge in [0.1, 0.15) is 5.82 Å². The van der Waals surface area contributed by atoms with Crippen molar-refractivity contribution in [2.75, 3.05) is 52.4 Å². The quantitative estimate of drug-likeness (QED) is 0.444. The van der Waals surface area contributed by atoms with Gasteiger partial charge in [-0.2, -0.15) is 0 Å². The van der Waals surface area contributed by atoms with Crippen LogP contribution in [0, 0.1) is 5.82 Å². The zero-order valence-electron chi connectivity index (χ0n) is 18.5. The van der Waals surface area contributed by atoms with Gasteiger partial charge < -0.3 is 19.5 Å². The highest BCUT2D eigenvalue weighted by Gasteiger charge is 2.20. The summed E-state index contributed by atoms with van der Waals surface area (Å²) in [5, 5.41) is 2.66. The van der Waals surface area contributed by atoms with Gasteiger partial charge in [0.2, 0.25) is 0 Å². The first-order chi connectivity index (χ1) is 15.5. The maximum atomic E-state index is 14.0. The maximum Gasteiger partial charge on any atom is 0.258 e. The maximum absolute atomic E-state index is 14.0. The Balaban J connectivity index is 1.73. The van der Waals surface area contributed by atoms with Crippen molar-refractivity contribution in [2.24, 2.45) is 0 Å². The lowest BCUT2D eigenvalue weighted by Gasteiger charge is -2.26.